The molecule has 0 aliphatic heterocycles. The van der Waals surface area contributed by atoms with E-state index in [0.717, 1.165) is 25.6 Å². The van der Waals surface area contributed by atoms with Crippen molar-refractivity contribution in [3.8, 4) is 0 Å². The zero-order valence-corrected chi connectivity index (χ0v) is 13.2. The van der Waals surface area contributed by atoms with Crippen LogP contribution in [0.3, 0.4) is 0 Å². The van der Waals surface area contributed by atoms with E-state index in [9.17, 15) is 0 Å². The maximum absolute atomic E-state index is 4.44. The molecule has 0 radical (unpaired) electrons. The average molecular weight is 275 g/mol. The molecule has 20 heavy (non-hydrogen) atoms. The van der Waals surface area contributed by atoms with Gasteiger partial charge in [-0.1, -0.05) is 25.8 Å². The van der Waals surface area contributed by atoms with Crippen molar-refractivity contribution in [3.63, 3.8) is 0 Å². The topological polar surface area (TPSA) is 28.2 Å². The normalized spacial score (nSPS) is 26.9. The van der Waals surface area contributed by atoms with E-state index in [0.29, 0.717) is 5.41 Å². The van der Waals surface area contributed by atoms with E-state index in [2.05, 4.69) is 48.4 Å². The molecule has 0 amide bonds. The number of hydrogen-bond donors (Lipinski definition) is 1. The summed E-state index contributed by atoms with van der Waals surface area (Å²) >= 11 is 0. The minimum Gasteiger partial charge on any atom is -0.319 e. The molecule has 2 atom stereocenters. The van der Waals surface area contributed by atoms with Crippen LogP contribution in [0, 0.1) is 11.3 Å². The highest BCUT2D eigenvalue weighted by molar-refractivity contribution is 5.03. The van der Waals surface area contributed by atoms with Gasteiger partial charge in [-0.2, -0.15) is 0 Å². The van der Waals surface area contributed by atoms with Gasteiger partial charge in [-0.3, -0.25) is 9.88 Å². The molecule has 1 heterocycles. The van der Waals surface area contributed by atoms with Gasteiger partial charge < -0.3 is 5.32 Å². The van der Waals surface area contributed by atoms with Gasteiger partial charge >= 0.3 is 0 Å². The lowest BCUT2D eigenvalue weighted by molar-refractivity contribution is 0.0905. The van der Waals surface area contributed by atoms with Gasteiger partial charge in [0.1, 0.15) is 0 Å². The smallest absolute Gasteiger partial charge is 0.0543 e. The average Bonchev–Trinajstić information content (AvgIpc) is 2.39. The van der Waals surface area contributed by atoms with Crippen LogP contribution in [0.2, 0.25) is 0 Å². The van der Waals surface area contributed by atoms with Crippen LogP contribution in [0.15, 0.2) is 24.4 Å². The van der Waals surface area contributed by atoms with Gasteiger partial charge in [0.25, 0.3) is 0 Å². The van der Waals surface area contributed by atoms with Gasteiger partial charge in [0.15, 0.2) is 0 Å². The monoisotopic (exact) mass is 275 g/mol. The summed E-state index contributed by atoms with van der Waals surface area (Å²) in [6.07, 6.45) is 7.36. The highest BCUT2D eigenvalue weighted by Crippen LogP contribution is 2.39. The molecule has 112 valence electrons. The maximum Gasteiger partial charge on any atom is 0.0543 e. The van der Waals surface area contributed by atoms with Gasteiger partial charge in [0, 0.05) is 25.8 Å². The third kappa shape index (κ3) is 4.29. The summed E-state index contributed by atoms with van der Waals surface area (Å²) in [6, 6.07) is 6.17. The fourth-order valence-electron chi connectivity index (χ4n) is 3.90. The molecule has 1 aliphatic rings. The van der Waals surface area contributed by atoms with Crippen molar-refractivity contribution in [1.29, 1.82) is 0 Å². The lowest BCUT2D eigenvalue weighted by atomic mass is 9.69. The molecule has 0 aromatic carbocycles. The Balaban J connectivity index is 1.96. The Labute approximate surface area is 123 Å². The number of aromatic nitrogens is 1. The van der Waals surface area contributed by atoms with E-state index in [1.54, 1.807) is 0 Å². The number of nitrogens with one attached hydrogen (secondary N) is 1. The van der Waals surface area contributed by atoms with Crippen molar-refractivity contribution < 1.29 is 0 Å². The summed E-state index contributed by atoms with van der Waals surface area (Å²) in [7, 11) is 4.31. The van der Waals surface area contributed by atoms with Crippen LogP contribution < -0.4 is 5.32 Å². The highest BCUT2D eigenvalue weighted by atomic mass is 15.1. The predicted octanol–water partition coefficient (Wildman–Crippen LogP) is 2.93. The third-order valence-electron chi connectivity index (χ3n) is 4.50. The molecule has 0 bridgehead atoms. The first-order valence-corrected chi connectivity index (χ1v) is 7.87. The number of pyridine rings is 1. The second-order valence-electron chi connectivity index (χ2n) is 6.73. The van der Waals surface area contributed by atoms with E-state index in [1.165, 1.54) is 31.4 Å². The fourth-order valence-corrected chi connectivity index (χ4v) is 3.90. The number of rotatable bonds is 6. The van der Waals surface area contributed by atoms with E-state index < -0.39 is 0 Å². The second-order valence-corrected chi connectivity index (χ2v) is 6.73. The lowest BCUT2D eigenvalue weighted by Crippen LogP contribution is -2.44. The molecule has 1 aromatic rings. The minimum atomic E-state index is 0.440. The van der Waals surface area contributed by atoms with Crippen LogP contribution >= 0.6 is 0 Å². The van der Waals surface area contributed by atoms with Gasteiger partial charge in [0.2, 0.25) is 0 Å². The summed E-state index contributed by atoms with van der Waals surface area (Å²) in [5.41, 5.74) is 1.61. The fraction of sp³-hybridized carbons (Fsp3) is 0.706. The Morgan fingerprint density at radius 2 is 2.30 bits per heavy atom. The van der Waals surface area contributed by atoms with Crippen LogP contribution in [0.25, 0.3) is 0 Å². The van der Waals surface area contributed by atoms with Crippen molar-refractivity contribution in [2.75, 3.05) is 27.2 Å². The van der Waals surface area contributed by atoms with Gasteiger partial charge in [-0.15, -0.1) is 0 Å². The van der Waals surface area contributed by atoms with E-state index in [-0.39, 0.29) is 0 Å². The Hall–Kier alpha value is -0.930. The predicted molar refractivity (Wildman–Crippen MR) is 84.6 cm³/mol. The second kappa shape index (κ2) is 7.19. The molecule has 0 spiro atoms. The standard InChI is InChI=1S/C17H29N3/c1-15-7-6-9-17(11-15,13-18-2)14-20(3)12-16-8-4-5-10-19-16/h4-5,8,10,15,18H,6-7,9,11-14H2,1-3H3. The van der Waals surface area contributed by atoms with Crippen molar-refractivity contribution in [2.45, 2.75) is 39.2 Å². The van der Waals surface area contributed by atoms with E-state index in [4.69, 9.17) is 0 Å². The molecule has 3 nitrogen and oxygen atoms in total. The van der Waals surface area contributed by atoms with Crippen LogP contribution in [0.1, 0.15) is 38.3 Å². The quantitative estimate of drug-likeness (QED) is 0.865. The SMILES string of the molecule is CNCC1(CN(C)Cc2ccccn2)CCCC(C)C1. The molecule has 3 heteroatoms. The molecular weight excluding hydrogens is 246 g/mol. The molecule has 1 saturated carbocycles. The zero-order chi connectivity index (χ0) is 14.4. The third-order valence-corrected chi connectivity index (χ3v) is 4.50. The van der Waals surface area contributed by atoms with Crippen molar-refractivity contribution in [3.05, 3.63) is 30.1 Å². The maximum atomic E-state index is 4.44. The largest absolute Gasteiger partial charge is 0.319 e. The first-order chi connectivity index (χ1) is 9.63. The molecule has 1 fully saturated rings. The Morgan fingerprint density at radius 1 is 1.45 bits per heavy atom. The summed E-state index contributed by atoms with van der Waals surface area (Å²) in [5, 5.41) is 3.43. The summed E-state index contributed by atoms with van der Waals surface area (Å²) < 4.78 is 0. The van der Waals surface area contributed by atoms with Crippen LogP contribution in [0.4, 0.5) is 0 Å². The van der Waals surface area contributed by atoms with E-state index in [1.807, 2.05) is 12.3 Å². The van der Waals surface area contributed by atoms with Crippen molar-refractivity contribution in [1.82, 2.24) is 15.2 Å². The minimum absolute atomic E-state index is 0.440. The lowest BCUT2D eigenvalue weighted by Gasteiger charge is -2.42. The van der Waals surface area contributed by atoms with Crippen molar-refractivity contribution in [2.24, 2.45) is 11.3 Å². The van der Waals surface area contributed by atoms with Gasteiger partial charge in [-0.05, 0) is 50.4 Å². The molecule has 0 saturated heterocycles. The van der Waals surface area contributed by atoms with Crippen LogP contribution in [-0.4, -0.2) is 37.1 Å². The molecular formula is C17H29N3. The summed E-state index contributed by atoms with van der Waals surface area (Å²) in [4.78, 5) is 6.88. The van der Waals surface area contributed by atoms with Gasteiger partial charge in [-0.25, -0.2) is 0 Å². The Morgan fingerprint density at radius 3 is 2.95 bits per heavy atom. The molecule has 2 rings (SSSR count). The Kier molecular flexibility index (Phi) is 5.55. The van der Waals surface area contributed by atoms with Crippen molar-refractivity contribution >= 4 is 0 Å². The summed E-state index contributed by atoms with van der Waals surface area (Å²) in [6.45, 7) is 5.64. The first-order valence-electron chi connectivity index (χ1n) is 7.87. The van der Waals surface area contributed by atoms with Crippen LogP contribution in [-0.2, 0) is 6.54 Å². The number of hydrogen-bond acceptors (Lipinski definition) is 3. The van der Waals surface area contributed by atoms with Crippen LogP contribution in [0.5, 0.6) is 0 Å². The first kappa shape index (κ1) is 15.5. The number of nitrogens with zero attached hydrogens (tertiary/aromatic N) is 2. The molecule has 1 aromatic heterocycles. The van der Waals surface area contributed by atoms with E-state index >= 15 is 0 Å². The highest BCUT2D eigenvalue weighted by Gasteiger charge is 2.35. The molecule has 1 N–H and O–H groups in total. The Bertz CT molecular complexity index is 388. The zero-order valence-electron chi connectivity index (χ0n) is 13.2. The summed E-state index contributed by atoms with van der Waals surface area (Å²) in [5.74, 6) is 0.861. The van der Waals surface area contributed by atoms with Gasteiger partial charge in [0.05, 0.1) is 5.69 Å². The molecule has 1 aliphatic carbocycles. The molecule has 2 unspecified atom stereocenters.